The molecule has 0 radical (unpaired) electrons. The summed E-state index contributed by atoms with van der Waals surface area (Å²) in [5, 5.41) is 3.96. The molecule has 3 aromatic rings. The molecule has 1 saturated heterocycles. The van der Waals surface area contributed by atoms with Crippen molar-refractivity contribution in [2.45, 2.75) is 18.9 Å². The maximum absolute atomic E-state index is 12.8. The number of hydrogen-bond donors (Lipinski definition) is 3. The Balaban J connectivity index is 1.57. The normalized spacial score (nSPS) is 16.8. The summed E-state index contributed by atoms with van der Waals surface area (Å²) < 4.78 is 0. The minimum atomic E-state index is -0.357. The van der Waals surface area contributed by atoms with Gasteiger partial charge in [-0.1, -0.05) is 11.3 Å². The second kappa shape index (κ2) is 7.91. The van der Waals surface area contributed by atoms with E-state index in [1.54, 1.807) is 24.8 Å². The third-order valence-corrected chi connectivity index (χ3v) is 5.57. The molecule has 5 N–H and O–H groups in total. The van der Waals surface area contributed by atoms with Crippen LogP contribution in [0, 0.1) is 0 Å². The lowest BCUT2D eigenvalue weighted by molar-refractivity contribution is 0.102. The van der Waals surface area contributed by atoms with E-state index in [1.807, 2.05) is 18.2 Å². The van der Waals surface area contributed by atoms with E-state index in [-0.39, 0.29) is 17.6 Å². The Kier molecular flexibility index (Phi) is 5.18. The van der Waals surface area contributed by atoms with E-state index >= 15 is 0 Å². The Labute approximate surface area is 166 Å². The molecule has 0 saturated carbocycles. The monoisotopic (exact) mass is 395 g/mol. The molecule has 0 aliphatic carbocycles. The topological polar surface area (TPSA) is 123 Å². The number of carbonyl (C=O) groups excluding carboxylic acids is 1. The van der Waals surface area contributed by atoms with Crippen LogP contribution in [0.3, 0.4) is 0 Å². The predicted octanol–water partition coefficient (Wildman–Crippen LogP) is 2.36. The quantitative estimate of drug-likeness (QED) is 0.619. The highest BCUT2D eigenvalue weighted by molar-refractivity contribution is 7.19. The van der Waals surface area contributed by atoms with E-state index in [0.29, 0.717) is 15.7 Å². The van der Waals surface area contributed by atoms with Crippen LogP contribution < -0.4 is 21.7 Å². The zero-order valence-electron chi connectivity index (χ0n) is 15.2. The molecule has 0 spiro atoms. The number of hydrogen-bond acceptors (Lipinski definition) is 8. The fraction of sp³-hybridized carbons (Fsp3) is 0.263. The van der Waals surface area contributed by atoms with Gasteiger partial charge in [-0.25, -0.2) is 4.98 Å². The lowest BCUT2D eigenvalue weighted by atomic mass is 10.1. The van der Waals surface area contributed by atoms with E-state index in [9.17, 15) is 4.79 Å². The first kappa shape index (κ1) is 18.3. The zero-order chi connectivity index (χ0) is 19.5. The van der Waals surface area contributed by atoms with Crippen molar-refractivity contribution in [1.82, 2.24) is 15.0 Å². The second-order valence-electron chi connectivity index (χ2n) is 6.66. The van der Waals surface area contributed by atoms with Crippen molar-refractivity contribution in [3.63, 3.8) is 0 Å². The van der Waals surface area contributed by atoms with E-state index in [0.717, 1.165) is 37.2 Å². The van der Waals surface area contributed by atoms with Gasteiger partial charge in [0.2, 0.25) is 0 Å². The summed E-state index contributed by atoms with van der Waals surface area (Å²) in [4.78, 5) is 27.6. The SMILES string of the molecule is Nc1sc(-c2ccncc2)nc1C(=O)Nc1cnccc1N1CCC[C@H](N)C1. The van der Waals surface area contributed by atoms with E-state index in [2.05, 4.69) is 25.2 Å². The van der Waals surface area contributed by atoms with Gasteiger partial charge < -0.3 is 21.7 Å². The summed E-state index contributed by atoms with van der Waals surface area (Å²) in [5.74, 6) is -0.357. The highest BCUT2D eigenvalue weighted by atomic mass is 32.1. The maximum Gasteiger partial charge on any atom is 0.277 e. The molecule has 1 aliphatic rings. The lowest BCUT2D eigenvalue weighted by Gasteiger charge is -2.33. The number of carbonyl (C=O) groups is 1. The van der Waals surface area contributed by atoms with Gasteiger partial charge in [-0.05, 0) is 31.0 Å². The molecule has 0 bridgehead atoms. The van der Waals surface area contributed by atoms with Crippen LogP contribution in [-0.2, 0) is 0 Å². The summed E-state index contributed by atoms with van der Waals surface area (Å²) in [6, 6.07) is 5.68. The molecule has 0 aromatic carbocycles. The summed E-state index contributed by atoms with van der Waals surface area (Å²) in [6.45, 7) is 1.64. The highest BCUT2D eigenvalue weighted by Gasteiger charge is 2.22. The van der Waals surface area contributed by atoms with Crippen LogP contribution in [0.4, 0.5) is 16.4 Å². The average molecular weight is 395 g/mol. The van der Waals surface area contributed by atoms with Gasteiger partial charge in [0, 0.05) is 43.3 Å². The van der Waals surface area contributed by atoms with Gasteiger partial charge >= 0.3 is 0 Å². The third-order valence-electron chi connectivity index (χ3n) is 4.64. The van der Waals surface area contributed by atoms with Crippen LogP contribution in [-0.4, -0.2) is 40.0 Å². The molecule has 144 valence electrons. The van der Waals surface area contributed by atoms with Crippen molar-refractivity contribution >= 4 is 33.6 Å². The minimum Gasteiger partial charge on any atom is -0.389 e. The smallest absolute Gasteiger partial charge is 0.277 e. The first-order valence-corrected chi connectivity index (χ1v) is 9.86. The number of rotatable bonds is 4. The number of nitrogens with one attached hydrogen (secondary N) is 1. The van der Waals surface area contributed by atoms with Gasteiger partial charge in [0.1, 0.15) is 10.0 Å². The van der Waals surface area contributed by atoms with Gasteiger partial charge in [-0.15, -0.1) is 0 Å². The van der Waals surface area contributed by atoms with Crippen LogP contribution in [0.15, 0.2) is 43.0 Å². The lowest BCUT2D eigenvalue weighted by Crippen LogP contribution is -2.43. The molecule has 8 nitrogen and oxygen atoms in total. The van der Waals surface area contributed by atoms with Gasteiger partial charge in [-0.2, -0.15) is 0 Å². The maximum atomic E-state index is 12.8. The Hall–Kier alpha value is -3.04. The number of amides is 1. The van der Waals surface area contributed by atoms with E-state index in [4.69, 9.17) is 11.5 Å². The molecule has 1 atom stereocenters. The second-order valence-corrected chi connectivity index (χ2v) is 7.69. The number of nitrogen functional groups attached to an aromatic ring is 1. The average Bonchev–Trinajstić information content (AvgIpc) is 3.11. The van der Waals surface area contributed by atoms with Crippen molar-refractivity contribution in [3.05, 3.63) is 48.7 Å². The van der Waals surface area contributed by atoms with Crippen molar-refractivity contribution in [1.29, 1.82) is 0 Å². The molecule has 1 aliphatic heterocycles. The molecule has 1 fully saturated rings. The fourth-order valence-corrected chi connectivity index (χ4v) is 4.12. The molecule has 4 heterocycles. The number of thiazole rings is 1. The number of pyridine rings is 2. The standard InChI is InChI=1S/C19H21N7OS/c20-13-2-1-9-26(11-13)15-5-8-23-10-14(15)24-18(27)16-17(21)28-19(25-16)12-3-6-22-7-4-12/h3-8,10,13H,1-2,9,11,20-21H2,(H,24,27)/t13-/m0/s1. The zero-order valence-corrected chi connectivity index (χ0v) is 16.0. The Morgan fingerprint density at radius 2 is 2.00 bits per heavy atom. The van der Waals surface area contributed by atoms with Gasteiger partial charge in [0.05, 0.1) is 17.6 Å². The summed E-state index contributed by atoms with van der Waals surface area (Å²) in [5.41, 5.74) is 14.8. The van der Waals surface area contributed by atoms with Crippen LogP contribution in [0.5, 0.6) is 0 Å². The van der Waals surface area contributed by atoms with Crippen LogP contribution >= 0.6 is 11.3 Å². The molecule has 1 amide bonds. The van der Waals surface area contributed by atoms with E-state index < -0.39 is 0 Å². The van der Waals surface area contributed by atoms with Gasteiger partial charge in [0.25, 0.3) is 5.91 Å². The Bertz CT molecular complexity index is 975. The Morgan fingerprint density at radius 1 is 1.21 bits per heavy atom. The van der Waals surface area contributed by atoms with Crippen LogP contribution in [0.2, 0.25) is 0 Å². The first-order valence-electron chi connectivity index (χ1n) is 9.04. The molecule has 0 unspecified atom stereocenters. The molecule has 28 heavy (non-hydrogen) atoms. The first-order chi connectivity index (χ1) is 13.6. The fourth-order valence-electron chi connectivity index (χ4n) is 3.28. The van der Waals surface area contributed by atoms with Crippen molar-refractivity contribution < 1.29 is 4.79 Å². The Morgan fingerprint density at radius 3 is 2.79 bits per heavy atom. The van der Waals surface area contributed by atoms with Crippen molar-refractivity contribution in [2.75, 3.05) is 29.0 Å². The molecular formula is C19H21N7OS. The number of piperidine rings is 1. The van der Waals surface area contributed by atoms with Crippen LogP contribution in [0.25, 0.3) is 10.6 Å². The largest absolute Gasteiger partial charge is 0.389 e. The number of nitrogens with zero attached hydrogens (tertiary/aromatic N) is 4. The summed E-state index contributed by atoms with van der Waals surface area (Å²) >= 11 is 1.27. The van der Waals surface area contributed by atoms with Crippen LogP contribution in [0.1, 0.15) is 23.3 Å². The molecule has 4 rings (SSSR count). The number of anilines is 3. The van der Waals surface area contributed by atoms with Gasteiger partial charge in [0.15, 0.2) is 5.69 Å². The number of nitrogens with two attached hydrogens (primary N) is 2. The molecule has 3 aromatic heterocycles. The van der Waals surface area contributed by atoms with Crippen molar-refractivity contribution in [2.24, 2.45) is 5.73 Å². The van der Waals surface area contributed by atoms with E-state index in [1.165, 1.54) is 11.3 Å². The summed E-state index contributed by atoms with van der Waals surface area (Å²) in [6.07, 6.45) is 8.74. The molecule has 9 heteroatoms. The summed E-state index contributed by atoms with van der Waals surface area (Å²) in [7, 11) is 0. The predicted molar refractivity (Wildman–Crippen MR) is 111 cm³/mol. The van der Waals surface area contributed by atoms with Crippen molar-refractivity contribution in [3.8, 4) is 10.6 Å². The third kappa shape index (κ3) is 3.80. The highest BCUT2D eigenvalue weighted by Crippen LogP contribution is 2.32. The van der Waals surface area contributed by atoms with Gasteiger partial charge in [-0.3, -0.25) is 14.8 Å². The molecular weight excluding hydrogens is 374 g/mol. The number of aromatic nitrogens is 3. The minimum absolute atomic E-state index is 0.127.